The summed E-state index contributed by atoms with van der Waals surface area (Å²) in [6.45, 7) is 0. The van der Waals surface area contributed by atoms with Crippen LogP contribution in [-0.2, 0) is 14.3 Å². The van der Waals surface area contributed by atoms with Crippen LogP contribution in [0.25, 0.3) is 0 Å². The third-order valence-electron chi connectivity index (χ3n) is 3.38. The number of nitrogens with zero attached hydrogens (tertiary/aromatic N) is 1. The highest BCUT2D eigenvalue weighted by atomic mass is 35.5. The zero-order chi connectivity index (χ0) is 15.3. The van der Waals surface area contributed by atoms with Crippen molar-refractivity contribution in [2.45, 2.75) is 19.3 Å². The fourth-order valence-corrected chi connectivity index (χ4v) is 3.30. The Kier molecular flexibility index (Phi) is 5.47. The number of hydrogen-bond donors (Lipinski definition) is 1. The van der Waals surface area contributed by atoms with Crippen molar-refractivity contribution < 1.29 is 14.3 Å². The molecule has 1 aliphatic carbocycles. The standard InChI is InChI=1S/C14H17ClN2O3S/c1-20-12(19)7-14(4-5-14)9-21-8-11(18)17-10-3-2-6-16-13(10)15/h2-3,6H,4-5,7-9H2,1H3,(H,17,18). The topological polar surface area (TPSA) is 68.3 Å². The number of amides is 1. The van der Waals surface area contributed by atoms with E-state index in [1.54, 1.807) is 18.3 Å². The zero-order valence-electron chi connectivity index (χ0n) is 11.7. The Labute approximate surface area is 132 Å². The van der Waals surface area contributed by atoms with E-state index in [2.05, 4.69) is 10.3 Å². The lowest BCUT2D eigenvalue weighted by molar-refractivity contribution is -0.141. The van der Waals surface area contributed by atoms with E-state index >= 15 is 0 Å². The first-order chi connectivity index (χ1) is 10.0. The molecule has 1 saturated carbocycles. The van der Waals surface area contributed by atoms with Gasteiger partial charge in [-0.1, -0.05) is 11.6 Å². The Morgan fingerprint density at radius 1 is 1.52 bits per heavy atom. The summed E-state index contributed by atoms with van der Waals surface area (Å²) in [7, 11) is 1.40. The van der Waals surface area contributed by atoms with E-state index in [0.717, 1.165) is 18.6 Å². The van der Waals surface area contributed by atoms with Crippen molar-refractivity contribution in [3.8, 4) is 0 Å². The highest BCUT2D eigenvalue weighted by Gasteiger charge is 2.44. The first-order valence-electron chi connectivity index (χ1n) is 6.60. The maximum atomic E-state index is 11.8. The number of methoxy groups -OCH3 is 1. The van der Waals surface area contributed by atoms with Crippen molar-refractivity contribution >= 4 is 40.9 Å². The molecule has 1 aliphatic rings. The molecule has 1 fully saturated rings. The van der Waals surface area contributed by atoms with E-state index in [1.165, 1.54) is 18.9 Å². The van der Waals surface area contributed by atoms with Crippen molar-refractivity contribution in [3.63, 3.8) is 0 Å². The van der Waals surface area contributed by atoms with Gasteiger partial charge in [0.2, 0.25) is 5.91 Å². The maximum Gasteiger partial charge on any atom is 0.306 e. The molecule has 1 aromatic rings. The van der Waals surface area contributed by atoms with Crippen molar-refractivity contribution in [3.05, 3.63) is 23.5 Å². The van der Waals surface area contributed by atoms with E-state index in [1.807, 2.05) is 0 Å². The molecule has 114 valence electrons. The predicted octanol–water partition coefficient (Wildman–Crippen LogP) is 2.75. The smallest absolute Gasteiger partial charge is 0.306 e. The second kappa shape index (κ2) is 7.13. The van der Waals surface area contributed by atoms with Crippen molar-refractivity contribution in [1.82, 2.24) is 4.98 Å². The lowest BCUT2D eigenvalue weighted by Crippen LogP contribution is -2.17. The van der Waals surface area contributed by atoms with Crippen LogP contribution in [0.15, 0.2) is 18.3 Å². The number of thioether (sulfide) groups is 1. The monoisotopic (exact) mass is 328 g/mol. The van der Waals surface area contributed by atoms with Crippen LogP contribution in [0.2, 0.25) is 5.15 Å². The lowest BCUT2D eigenvalue weighted by atomic mass is 10.1. The molecule has 2 rings (SSSR count). The molecule has 7 heteroatoms. The average Bonchev–Trinajstić information content (AvgIpc) is 3.21. The van der Waals surface area contributed by atoms with E-state index < -0.39 is 0 Å². The molecule has 0 bridgehead atoms. The van der Waals surface area contributed by atoms with E-state index in [9.17, 15) is 9.59 Å². The van der Waals surface area contributed by atoms with E-state index in [4.69, 9.17) is 16.3 Å². The number of ether oxygens (including phenoxy) is 1. The fourth-order valence-electron chi connectivity index (χ4n) is 1.95. The molecule has 21 heavy (non-hydrogen) atoms. The van der Waals surface area contributed by atoms with Gasteiger partial charge in [-0.25, -0.2) is 4.98 Å². The molecule has 1 heterocycles. The summed E-state index contributed by atoms with van der Waals surface area (Å²) in [4.78, 5) is 27.0. The third kappa shape index (κ3) is 4.89. The summed E-state index contributed by atoms with van der Waals surface area (Å²) >= 11 is 7.40. The number of aromatic nitrogens is 1. The highest BCUT2D eigenvalue weighted by Crippen LogP contribution is 2.51. The summed E-state index contributed by atoms with van der Waals surface area (Å²) < 4.78 is 4.70. The molecule has 0 atom stereocenters. The molecule has 1 N–H and O–H groups in total. The van der Waals surface area contributed by atoms with Crippen LogP contribution < -0.4 is 5.32 Å². The van der Waals surface area contributed by atoms with Crippen LogP contribution in [-0.4, -0.2) is 35.5 Å². The molecule has 1 aromatic heterocycles. The first kappa shape index (κ1) is 16.1. The third-order valence-corrected chi connectivity index (χ3v) is 4.96. The molecule has 0 aliphatic heterocycles. The minimum absolute atomic E-state index is 0.0317. The number of hydrogen-bond acceptors (Lipinski definition) is 5. The Morgan fingerprint density at radius 3 is 2.90 bits per heavy atom. The van der Waals surface area contributed by atoms with Crippen molar-refractivity contribution in [2.75, 3.05) is 23.9 Å². The van der Waals surface area contributed by atoms with Gasteiger partial charge >= 0.3 is 5.97 Å². The van der Waals surface area contributed by atoms with Crippen molar-refractivity contribution in [2.24, 2.45) is 5.41 Å². The van der Waals surface area contributed by atoms with Crippen LogP contribution in [0.3, 0.4) is 0 Å². The molecule has 0 spiro atoms. The van der Waals surface area contributed by atoms with Gasteiger partial charge in [-0.05, 0) is 36.1 Å². The van der Waals surface area contributed by atoms with E-state index in [0.29, 0.717) is 17.9 Å². The highest BCUT2D eigenvalue weighted by molar-refractivity contribution is 8.00. The fraction of sp³-hybridized carbons (Fsp3) is 0.500. The summed E-state index contributed by atoms with van der Waals surface area (Å²) in [5.74, 6) is 0.813. The van der Waals surface area contributed by atoms with Gasteiger partial charge < -0.3 is 10.1 Å². The van der Waals surface area contributed by atoms with Crippen LogP contribution in [0.1, 0.15) is 19.3 Å². The van der Waals surface area contributed by atoms with Gasteiger partial charge in [0.1, 0.15) is 0 Å². The second-order valence-corrected chi connectivity index (χ2v) is 6.48. The quantitative estimate of drug-likeness (QED) is 0.615. The normalized spacial score (nSPS) is 15.3. The number of pyridine rings is 1. The average molecular weight is 329 g/mol. The molecule has 1 amide bonds. The van der Waals surface area contributed by atoms with Gasteiger partial charge in [-0.3, -0.25) is 9.59 Å². The Bertz CT molecular complexity index is 535. The number of anilines is 1. The zero-order valence-corrected chi connectivity index (χ0v) is 13.3. The van der Waals surface area contributed by atoms with Crippen molar-refractivity contribution in [1.29, 1.82) is 0 Å². The summed E-state index contributed by atoms with van der Waals surface area (Å²) in [5.41, 5.74) is 0.546. The van der Waals surface area contributed by atoms with Gasteiger partial charge in [0.15, 0.2) is 5.15 Å². The molecule has 0 aromatic carbocycles. The van der Waals surface area contributed by atoms with Gasteiger partial charge in [0.25, 0.3) is 0 Å². The van der Waals surface area contributed by atoms with Gasteiger partial charge in [-0.2, -0.15) is 11.8 Å². The number of nitrogens with one attached hydrogen (secondary N) is 1. The van der Waals surface area contributed by atoms with Crippen LogP contribution in [0.4, 0.5) is 5.69 Å². The Hall–Kier alpha value is -1.27. The van der Waals surface area contributed by atoms with E-state index in [-0.39, 0.29) is 22.4 Å². The largest absolute Gasteiger partial charge is 0.469 e. The minimum Gasteiger partial charge on any atom is -0.469 e. The molecule has 0 radical (unpaired) electrons. The van der Waals surface area contributed by atoms with Crippen LogP contribution in [0, 0.1) is 5.41 Å². The number of halogens is 1. The lowest BCUT2D eigenvalue weighted by Gasteiger charge is -2.13. The molecule has 5 nitrogen and oxygen atoms in total. The molecular weight excluding hydrogens is 312 g/mol. The Morgan fingerprint density at radius 2 is 2.29 bits per heavy atom. The van der Waals surface area contributed by atoms with Crippen LogP contribution in [0.5, 0.6) is 0 Å². The molecule has 0 saturated heterocycles. The number of carbonyl (C=O) groups is 2. The summed E-state index contributed by atoms with van der Waals surface area (Å²) in [6, 6.07) is 3.42. The minimum atomic E-state index is -0.181. The number of carbonyl (C=O) groups excluding carboxylic acids is 2. The van der Waals surface area contributed by atoms with Crippen LogP contribution >= 0.6 is 23.4 Å². The molecule has 0 unspecified atom stereocenters. The summed E-state index contributed by atoms with van der Waals surface area (Å²) in [5, 5.41) is 3.00. The number of rotatable bonds is 7. The molecular formula is C14H17ClN2O3S. The SMILES string of the molecule is COC(=O)CC1(CSCC(=O)Nc2cccnc2Cl)CC1. The second-order valence-electron chi connectivity index (χ2n) is 5.14. The maximum absolute atomic E-state index is 11.8. The van der Waals surface area contributed by atoms with Gasteiger partial charge in [0.05, 0.1) is 25.0 Å². The first-order valence-corrected chi connectivity index (χ1v) is 8.13. The van der Waals surface area contributed by atoms with Gasteiger partial charge in [0, 0.05) is 6.20 Å². The number of esters is 1. The summed E-state index contributed by atoms with van der Waals surface area (Å²) in [6.07, 6.45) is 4.04. The Balaban J connectivity index is 1.73. The van der Waals surface area contributed by atoms with Gasteiger partial charge in [-0.15, -0.1) is 0 Å². The predicted molar refractivity (Wildman–Crippen MR) is 83.5 cm³/mol.